The fraction of sp³-hybridized carbons (Fsp3) is 0.548. The predicted octanol–water partition coefficient (Wildman–Crippen LogP) is 6.10. The molecule has 10 heteroatoms. The van der Waals surface area contributed by atoms with Gasteiger partial charge in [0.25, 0.3) is 0 Å². The van der Waals surface area contributed by atoms with Gasteiger partial charge in [0.05, 0.1) is 43.2 Å². The van der Waals surface area contributed by atoms with Crippen molar-refractivity contribution in [2.45, 2.75) is 78.0 Å². The average Bonchev–Trinajstić information content (AvgIpc) is 3.54. The number of carbonyl (C=O) groups excluding carboxylic acids is 1. The van der Waals surface area contributed by atoms with E-state index in [1.807, 2.05) is 53.2 Å². The smallest absolute Gasteiger partial charge is 0.410 e. The first-order valence-corrected chi connectivity index (χ1v) is 14.7. The molecule has 2 unspecified atom stereocenters. The molecule has 1 saturated heterocycles. The summed E-state index contributed by atoms with van der Waals surface area (Å²) in [6, 6.07) is 5.30. The number of benzene rings is 1. The van der Waals surface area contributed by atoms with Gasteiger partial charge in [0, 0.05) is 30.8 Å². The van der Waals surface area contributed by atoms with E-state index in [4.69, 9.17) is 9.47 Å². The summed E-state index contributed by atoms with van der Waals surface area (Å²) in [5.74, 6) is 1.59. The van der Waals surface area contributed by atoms with Gasteiger partial charge in [-0.05, 0) is 65.4 Å². The Morgan fingerprint density at radius 3 is 2.54 bits per heavy atom. The number of hydrogen-bond donors (Lipinski definition) is 0. The van der Waals surface area contributed by atoms with Gasteiger partial charge in [-0.3, -0.25) is 0 Å². The molecular weight excluding hydrogens is 523 g/mol. The molecular formula is C31H41FN6O3. The van der Waals surface area contributed by atoms with Crippen LogP contribution in [-0.4, -0.2) is 68.4 Å². The molecule has 1 amide bonds. The fourth-order valence-corrected chi connectivity index (χ4v) is 5.80. The van der Waals surface area contributed by atoms with Crippen molar-refractivity contribution in [2.75, 3.05) is 31.1 Å². The van der Waals surface area contributed by atoms with Crippen LogP contribution >= 0.6 is 0 Å². The summed E-state index contributed by atoms with van der Waals surface area (Å²) in [6.07, 6.45) is 10.1. The molecule has 9 nitrogen and oxygen atoms in total. The first-order chi connectivity index (χ1) is 19.7. The monoisotopic (exact) mass is 564 g/mol. The van der Waals surface area contributed by atoms with E-state index in [9.17, 15) is 9.18 Å². The lowest BCUT2D eigenvalue weighted by molar-refractivity contribution is 0.0178. The van der Waals surface area contributed by atoms with Crippen LogP contribution in [0, 0.1) is 11.7 Å². The third kappa shape index (κ3) is 6.47. The highest BCUT2D eigenvalue weighted by atomic mass is 19.1. The van der Waals surface area contributed by atoms with Crippen LogP contribution in [0.15, 0.2) is 43.1 Å². The number of likely N-dealkylation sites (N-methyl/N-ethyl adjacent to an activating group) is 1. The number of anilines is 1. The fourth-order valence-electron chi connectivity index (χ4n) is 5.80. The molecule has 0 saturated carbocycles. The number of amides is 1. The van der Waals surface area contributed by atoms with E-state index in [1.165, 1.54) is 0 Å². The van der Waals surface area contributed by atoms with Crippen LogP contribution in [0.5, 0.6) is 5.75 Å². The standard InChI is InChI=1S/C31H41FN6O3/c1-6-22(19-36(7-2)30(39)41-31(3,4)5)40-23-16-34-29(35-17-23)37-13-11-21(12-14-37)15-26-28-24(9-8-10-25(28)32)27-18-33-20-38(26)27/h8-10,16-18,20-22,26H,6-7,11-15,19H2,1-5H3. The highest BCUT2D eigenvalue weighted by molar-refractivity contribution is 5.69. The average molecular weight is 565 g/mol. The Morgan fingerprint density at radius 2 is 1.88 bits per heavy atom. The lowest BCUT2D eigenvalue weighted by atomic mass is 9.87. The number of carbonyl (C=O) groups is 1. The van der Waals surface area contributed by atoms with Gasteiger partial charge < -0.3 is 23.8 Å². The van der Waals surface area contributed by atoms with E-state index in [-0.39, 0.29) is 24.1 Å². The molecule has 0 aliphatic carbocycles. The maximum atomic E-state index is 14.8. The Hall–Kier alpha value is -3.69. The number of rotatable bonds is 9. The predicted molar refractivity (Wildman–Crippen MR) is 156 cm³/mol. The molecule has 2 atom stereocenters. The minimum atomic E-state index is -0.547. The zero-order valence-electron chi connectivity index (χ0n) is 24.7. The summed E-state index contributed by atoms with van der Waals surface area (Å²) in [5, 5.41) is 0. The van der Waals surface area contributed by atoms with Crippen molar-refractivity contribution in [3.63, 3.8) is 0 Å². The molecule has 0 N–H and O–H groups in total. The van der Waals surface area contributed by atoms with Crippen molar-refractivity contribution in [3.05, 3.63) is 54.5 Å². The molecule has 5 rings (SSSR count). The molecule has 220 valence electrons. The van der Waals surface area contributed by atoms with E-state index in [0.717, 1.165) is 55.6 Å². The Bertz CT molecular complexity index is 1330. The number of imidazole rings is 1. The Morgan fingerprint density at radius 1 is 1.15 bits per heavy atom. The molecule has 4 heterocycles. The highest BCUT2D eigenvalue weighted by Crippen LogP contribution is 2.44. The summed E-state index contributed by atoms with van der Waals surface area (Å²) in [6.45, 7) is 12.2. The third-order valence-corrected chi connectivity index (χ3v) is 7.95. The van der Waals surface area contributed by atoms with Gasteiger partial charge in [-0.25, -0.2) is 24.1 Å². The van der Waals surface area contributed by atoms with E-state index in [2.05, 4.69) is 24.4 Å². The van der Waals surface area contributed by atoms with Crippen LogP contribution in [0.1, 0.15) is 71.9 Å². The van der Waals surface area contributed by atoms with Gasteiger partial charge in [0.1, 0.15) is 17.5 Å². The summed E-state index contributed by atoms with van der Waals surface area (Å²) < 4.78 is 28.6. The molecule has 2 aliphatic heterocycles. The van der Waals surface area contributed by atoms with Gasteiger partial charge >= 0.3 is 6.09 Å². The topological polar surface area (TPSA) is 85.6 Å². The molecule has 41 heavy (non-hydrogen) atoms. The second kappa shape index (κ2) is 12.0. The SMILES string of the molecule is CCC(CN(CC)C(=O)OC(C)(C)C)Oc1cnc(N2CCC(CC3c4c(F)cccc4-c4cncn43)CC2)nc1. The first-order valence-electron chi connectivity index (χ1n) is 14.7. The summed E-state index contributed by atoms with van der Waals surface area (Å²) in [7, 11) is 0. The van der Waals surface area contributed by atoms with Crippen LogP contribution in [-0.2, 0) is 4.74 Å². The molecule has 1 aromatic carbocycles. The first kappa shape index (κ1) is 28.8. The van der Waals surface area contributed by atoms with Crippen molar-refractivity contribution in [1.82, 2.24) is 24.4 Å². The Kier molecular flexibility index (Phi) is 8.47. The molecule has 3 aromatic rings. The largest absolute Gasteiger partial charge is 0.485 e. The maximum Gasteiger partial charge on any atom is 0.410 e. The van der Waals surface area contributed by atoms with Crippen LogP contribution in [0.4, 0.5) is 15.1 Å². The molecule has 0 radical (unpaired) electrons. The van der Waals surface area contributed by atoms with Gasteiger partial charge in [-0.15, -0.1) is 0 Å². The van der Waals surface area contributed by atoms with E-state index in [0.29, 0.717) is 30.7 Å². The number of piperidine rings is 1. The van der Waals surface area contributed by atoms with Gasteiger partial charge in [-0.2, -0.15) is 0 Å². The van der Waals surface area contributed by atoms with Crippen molar-refractivity contribution in [1.29, 1.82) is 0 Å². The molecule has 0 spiro atoms. The van der Waals surface area contributed by atoms with Crippen molar-refractivity contribution in [3.8, 4) is 17.0 Å². The van der Waals surface area contributed by atoms with Gasteiger partial charge in [0.2, 0.25) is 5.95 Å². The van der Waals surface area contributed by atoms with Gasteiger partial charge in [-0.1, -0.05) is 19.1 Å². The quantitative estimate of drug-likeness (QED) is 0.310. The second-order valence-electron chi connectivity index (χ2n) is 12.0. The lowest BCUT2D eigenvalue weighted by Crippen LogP contribution is -2.42. The van der Waals surface area contributed by atoms with Crippen LogP contribution in [0.3, 0.4) is 0 Å². The zero-order valence-corrected chi connectivity index (χ0v) is 24.7. The maximum absolute atomic E-state index is 14.8. The Labute approximate surface area is 241 Å². The number of hydrogen-bond acceptors (Lipinski definition) is 7. The lowest BCUT2D eigenvalue weighted by Gasteiger charge is -2.33. The molecule has 2 aliphatic rings. The highest BCUT2D eigenvalue weighted by Gasteiger charge is 2.34. The second-order valence-corrected chi connectivity index (χ2v) is 12.0. The number of aromatic nitrogens is 4. The number of halogens is 1. The number of fused-ring (bicyclic) bond motifs is 3. The van der Waals surface area contributed by atoms with Crippen molar-refractivity contribution >= 4 is 12.0 Å². The molecule has 1 fully saturated rings. The molecule has 0 bridgehead atoms. The van der Waals surface area contributed by atoms with Gasteiger partial charge in [0.15, 0.2) is 5.75 Å². The minimum Gasteiger partial charge on any atom is -0.485 e. The minimum absolute atomic E-state index is 0.0154. The van der Waals surface area contributed by atoms with E-state index < -0.39 is 5.60 Å². The summed E-state index contributed by atoms with van der Waals surface area (Å²) in [5.41, 5.74) is 2.20. The van der Waals surface area contributed by atoms with E-state index in [1.54, 1.807) is 29.4 Å². The van der Waals surface area contributed by atoms with Crippen molar-refractivity contribution < 1.29 is 18.7 Å². The van der Waals surface area contributed by atoms with Crippen molar-refractivity contribution in [2.24, 2.45) is 5.92 Å². The summed E-state index contributed by atoms with van der Waals surface area (Å²) in [4.78, 5) is 29.9. The molecule has 2 aromatic heterocycles. The number of ether oxygens (including phenoxy) is 2. The Balaban J connectivity index is 1.15. The van der Waals surface area contributed by atoms with Crippen LogP contribution in [0.2, 0.25) is 0 Å². The normalized spacial score (nSPS) is 17.6. The van der Waals surface area contributed by atoms with E-state index >= 15 is 0 Å². The third-order valence-electron chi connectivity index (χ3n) is 7.95. The summed E-state index contributed by atoms with van der Waals surface area (Å²) >= 11 is 0. The zero-order chi connectivity index (χ0) is 29.1. The van der Waals surface area contributed by atoms with Crippen LogP contribution < -0.4 is 9.64 Å². The number of nitrogens with zero attached hydrogens (tertiary/aromatic N) is 6. The van der Waals surface area contributed by atoms with Crippen LogP contribution in [0.25, 0.3) is 11.3 Å².